The van der Waals surface area contributed by atoms with E-state index in [1.54, 1.807) is 27.7 Å². The Bertz CT molecular complexity index is 265. The molecule has 2 nitrogen and oxygen atoms in total. The molecular formula is C12H21BrF3NO. The zero-order chi connectivity index (χ0) is 14.5. The van der Waals surface area contributed by atoms with Gasteiger partial charge in [0.15, 0.2) is 0 Å². The molecule has 0 radical (unpaired) electrons. The fraction of sp³-hybridized carbons (Fsp3) is 0.917. The lowest BCUT2D eigenvalue weighted by Gasteiger charge is -2.33. The van der Waals surface area contributed by atoms with Gasteiger partial charge in [-0.1, -0.05) is 43.6 Å². The van der Waals surface area contributed by atoms with E-state index in [4.69, 9.17) is 0 Å². The Balaban J connectivity index is 5.02. The van der Waals surface area contributed by atoms with Crippen LogP contribution in [0.1, 0.15) is 40.5 Å². The number of alkyl halides is 4. The minimum absolute atomic E-state index is 0.0393. The number of rotatable bonds is 6. The third-order valence-corrected chi connectivity index (χ3v) is 4.29. The van der Waals surface area contributed by atoms with Gasteiger partial charge in [-0.15, -0.1) is 0 Å². The van der Waals surface area contributed by atoms with Gasteiger partial charge in [0.25, 0.3) is 0 Å². The zero-order valence-corrected chi connectivity index (χ0v) is 12.8. The van der Waals surface area contributed by atoms with Crippen molar-refractivity contribution in [1.82, 2.24) is 4.90 Å². The molecule has 0 saturated carbocycles. The first-order chi connectivity index (χ1) is 8.14. The molecule has 1 unspecified atom stereocenters. The van der Waals surface area contributed by atoms with Crippen molar-refractivity contribution in [2.75, 3.05) is 6.54 Å². The van der Waals surface area contributed by atoms with E-state index >= 15 is 0 Å². The number of carbonyl (C=O) groups is 1. The minimum atomic E-state index is -4.36. The van der Waals surface area contributed by atoms with Crippen LogP contribution in [-0.2, 0) is 4.79 Å². The van der Waals surface area contributed by atoms with Crippen molar-refractivity contribution in [3.8, 4) is 0 Å². The predicted octanol–water partition coefficient (Wildman–Crippen LogP) is 3.99. The lowest BCUT2D eigenvalue weighted by Crippen LogP contribution is -2.49. The third-order valence-electron chi connectivity index (χ3n) is 2.84. The molecule has 1 amide bonds. The molecule has 0 aromatic carbocycles. The highest BCUT2D eigenvalue weighted by Gasteiger charge is 2.37. The van der Waals surface area contributed by atoms with Crippen molar-refractivity contribution in [3.05, 3.63) is 0 Å². The summed E-state index contributed by atoms with van der Waals surface area (Å²) in [6, 6.07) is -0.363. The van der Waals surface area contributed by atoms with Crippen LogP contribution in [0.5, 0.6) is 0 Å². The molecule has 0 aromatic rings. The van der Waals surface area contributed by atoms with Crippen molar-refractivity contribution in [2.24, 2.45) is 5.92 Å². The predicted molar refractivity (Wildman–Crippen MR) is 69.7 cm³/mol. The van der Waals surface area contributed by atoms with E-state index in [-0.39, 0.29) is 12.0 Å². The van der Waals surface area contributed by atoms with Gasteiger partial charge < -0.3 is 4.90 Å². The van der Waals surface area contributed by atoms with Crippen molar-refractivity contribution in [2.45, 2.75) is 57.6 Å². The number of hydrogen-bond acceptors (Lipinski definition) is 1. The molecule has 0 aliphatic heterocycles. The van der Waals surface area contributed by atoms with E-state index in [1.165, 1.54) is 0 Å². The van der Waals surface area contributed by atoms with E-state index in [2.05, 4.69) is 15.9 Å². The van der Waals surface area contributed by atoms with Gasteiger partial charge >= 0.3 is 6.18 Å². The Morgan fingerprint density at radius 2 is 1.67 bits per heavy atom. The van der Waals surface area contributed by atoms with E-state index in [0.717, 1.165) is 4.90 Å². The van der Waals surface area contributed by atoms with Gasteiger partial charge in [-0.3, -0.25) is 4.79 Å². The highest BCUT2D eigenvalue weighted by atomic mass is 79.9. The van der Waals surface area contributed by atoms with Crippen molar-refractivity contribution in [1.29, 1.82) is 0 Å². The molecule has 0 N–H and O–H groups in total. The number of amides is 1. The Labute approximate surface area is 115 Å². The van der Waals surface area contributed by atoms with Crippen LogP contribution in [0, 0.1) is 5.92 Å². The summed E-state index contributed by atoms with van der Waals surface area (Å²) in [4.78, 5) is 12.5. The summed E-state index contributed by atoms with van der Waals surface area (Å²) in [5.74, 6) is -0.515. The fourth-order valence-electron chi connectivity index (χ4n) is 1.75. The van der Waals surface area contributed by atoms with Crippen molar-refractivity contribution in [3.63, 3.8) is 0 Å². The summed E-state index contributed by atoms with van der Waals surface area (Å²) in [6.07, 6.45) is -3.31. The van der Waals surface area contributed by atoms with Gasteiger partial charge in [0.2, 0.25) is 5.91 Å². The highest BCUT2D eigenvalue weighted by molar-refractivity contribution is 9.10. The molecule has 0 saturated heterocycles. The van der Waals surface area contributed by atoms with E-state index in [0.29, 0.717) is 12.8 Å². The SMILES string of the molecule is CCC(CC)N(CC(F)(F)F)C(=O)C(Br)C(C)C. The third kappa shape index (κ3) is 5.59. The van der Waals surface area contributed by atoms with Gasteiger partial charge in [-0.25, -0.2) is 0 Å². The first kappa shape index (κ1) is 17.7. The summed E-state index contributed by atoms with van der Waals surface area (Å²) >= 11 is 3.18. The summed E-state index contributed by atoms with van der Waals surface area (Å²) in [7, 11) is 0. The summed E-state index contributed by atoms with van der Waals surface area (Å²) < 4.78 is 37.7. The number of nitrogens with zero attached hydrogens (tertiary/aromatic N) is 1. The molecule has 108 valence electrons. The molecule has 0 aliphatic carbocycles. The van der Waals surface area contributed by atoms with Crippen LogP contribution in [-0.4, -0.2) is 34.4 Å². The Hall–Kier alpha value is -0.260. The lowest BCUT2D eigenvalue weighted by molar-refractivity contribution is -0.166. The van der Waals surface area contributed by atoms with Gasteiger partial charge in [-0.2, -0.15) is 13.2 Å². The maximum absolute atomic E-state index is 12.6. The topological polar surface area (TPSA) is 20.3 Å². The average molecular weight is 332 g/mol. The van der Waals surface area contributed by atoms with Gasteiger partial charge in [-0.05, 0) is 18.8 Å². The van der Waals surface area contributed by atoms with Crippen LogP contribution >= 0.6 is 15.9 Å². The maximum atomic E-state index is 12.6. The first-order valence-electron chi connectivity index (χ1n) is 6.15. The maximum Gasteiger partial charge on any atom is 0.406 e. The quantitative estimate of drug-likeness (QED) is 0.674. The number of hydrogen-bond donors (Lipinski definition) is 0. The zero-order valence-electron chi connectivity index (χ0n) is 11.2. The normalized spacial score (nSPS) is 14.1. The largest absolute Gasteiger partial charge is 0.406 e. The molecule has 0 rings (SSSR count). The second-order valence-corrected chi connectivity index (χ2v) is 5.68. The summed E-state index contributed by atoms with van der Waals surface area (Å²) in [6.45, 7) is 6.02. The monoisotopic (exact) mass is 331 g/mol. The van der Waals surface area contributed by atoms with E-state index in [1.807, 2.05) is 0 Å². The van der Waals surface area contributed by atoms with Crippen LogP contribution < -0.4 is 0 Å². The van der Waals surface area contributed by atoms with Gasteiger partial charge in [0, 0.05) is 6.04 Å². The number of halogens is 4. The van der Waals surface area contributed by atoms with Gasteiger partial charge in [0.1, 0.15) is 6.54 Å². The Morgan fingerprint density at radius 1 is 1.22 bits per heavy atom. The van der Waals surface area contributed by atoms with E-state index in [9.17, 15) is 18.0 Å². The van der Waals surface area contributed by atoms with Crippen LogP contribution in [0.2, 0.25) is 0 Å². The molecule has 0 bridgehead atoms. The molecule has 1 atom stereocenters. The summed E-state index contributed by atoms with van der Waals surface area (Å²) in [5, 5.41) is 0. The molecule has 0 spiro atoms. The lowest BCUT2D eigenvalue weighted by atomic mass is 10.1. The molecule has 0 heterocycles. The number of carbonyl (C=O) groups excluding carboxylic acids is 1. The van der Waals surface area contributed by atoms with Crippen LogP contribution in [0.3, 0.4) is 0 Å². The van der Waals surface area contributed by atoms with Crippen molar-refractivity contribution >= 4 is 21.8 Å². The second-order valence-electron chi connectivity index (χ2n) is 4.70. The molecule has 6 heteroatoms. The highest BCUT2D eigenvalue weighted by Crippen LogP contribution is 2.24. The van der Waals surface area contributed by atoms with Gasteiger partial charge in [0.05, 0.1) is 4.83 Å². The Kier molecular flexibility index (Phi) is 7.25. The average Bonchev–Trinajstić information content (AvgIpc) is 2.25. The first-order valence-corrected chi connectivity index (χ1v) is 7.06. The van der Waals surface area contributed by atoms with Crippen LogP contribution in [0.15, 0.2) is 0 Å². The standard InChI is InChI=1S/C12H21BrF3NO/c1-5-9(6-2)17(7-12(14,15)16)11(18)10(13)8(3)4/h8-10H,5-7H2,1-4H3. The van der Waals surface area contributed by atoms with Crippen molar-refractivity contribution < 1.29 is 18.0 Å². The second kappa shape index (κ2) is 7.36. The Morgan fingerprint density at radius 3 is 1.94 bits per heavy atom. The molecule has 0 aliphatic rings. The fourth-order valence-corrected chi connectivity index (χ4v) is 2.02. The molecule has 18 heavy (non-hydrogen) atoms. The summed E-state index contributed by atoms with van der Waals surface area (Å²) in [5.41, 5.74) is 0. The van der Waals surface area contributed by atoms with E-state index < -0.39 is 23.5 Å². The minimum Gasteiger partial charge on any atom is -0.330 e. The molecule has 0 aromatic heterocycles. The van der Waals surface area contributed by atoms with Crippen LogP contribution in [0.4, 0.5) is 13.2 Å². The van der Waals surface area contributed by atoms with Crippen LogP contribution in [0.25, 0.3) is 0 Å². The smallest absolute Gasteiger partial charge is 0.330 e. The molecule has 0 fully saturated rings. The molecular weight excluding hydrogens is 311 g/mol.